The Balaban J connectivity index is 1.96. The molecule has 1 aliphatic heterocycles. The highest BCUT2D eigenvalue weighted by Crippen LogP contribution is 2.25. The summed E-state index contributed by atoms with van der Waals surface area (Å²) in [6, 6.07) is 0. The minimum Gasteiger partial charge on any atom is -0.361 e. The summed E-state index contributed by atoms with van der Waals surface area (Å²) >= 11 is 0. The number of carbonyl (C=O) groups excluding carboxylic acids is 1. The molecule has 124 valence electrons. The molecule has 22 heavy (non-hydrogen) atoms. The molecular weight excluding hydrogens is 278 g/mol. The fraction of sp³-hybridized carbons (Fsp3) is 0.765. The number of aryl methyl sites for hydroxylation is 2. The first-order chi connectivity index (χ1) is 10.3. The smallest absolute Gasteiger partial charge is 0.256 e. The summed E-state index contributed by atoms with van der Waals surface area (Å²) < 4.78 is 5.07. The summed E-state index contributed by atoms with van der Waals surface area (Å²) in [5, 5.41) is 6.90. The van der Waals surface area contributed by atoms with Crippen molar-refractivity contribution < 1.29 is 9.32 Å². The molecule has 0 aliphatic carbocycles. The number of aromatic nitrogens is 1. The Morgan fingerprint density at radius 2 is 2.18 bits per heavy atom. The average Bonchev–Trinajstić information content (AvgIpc) is 2.84. The number of amides is 1. The predicted octanol–water partition coefficient (Wildman–Crippen LogP) is 2.92. The molecule has 2 heterocycles. The van der Waals surface area contributed by atoms with Gasteiger partial charge >= 0.3 is 0 Å². The third-order valence-electron chi connectivity index (χ3n) is 4.89. The topological polar surface area (TPSA) is 58.4 Å². The molecule has 5 nitrogen and oxygen atoms in total. The summed E-state index contributed by atoms with van der Waals surface area (Å²) in [6.07, 6.45) is 3.81. The molecule has 0 spiro atoms. The van der Waals surface area contributed by atoms with Gasteiger partial charge in [-0.3, -0.25) is 9.69 Å². The lowest BCUT2D eigenvalue weighted by atomic mass is 9.91. The van der Waals surface area contributed by atoms with Crippen LogP contribution in [0.3, 0.4) is 0 Å². The molecule has 0 saturated carbocycles. The van der Waals surface area contributed by atoms with Gasteiger partial charge in [0, 0.05) is 18.6 Å². The van der Waals surface area contributed by atoms with Gasteiger partial charge in [-0.15, -0.1) is 0 Å². The Bertz CT molecular complexity index is 502. The van der Waals surface area contributed by atoms with E-state index in [1.165, 1.54) is 19.3 Å². The zero-order valence-electron chi connectivity index (χ0n) is 14.5. The molecule has 1 atom stereocenters. The zero-order chi connectivity index (χ0) is 16.3. The van der Waals surface area contributed by atoms with Crippen LogP contribution in [-0.4, -0.2) is 41.1 Å². The lowest BCUT2D eigenvalue weighted by Gasteiger charge is -2.43. The quantitative estimate of drug-likeness (QED) is 0.908. The first-order valence-electron chi connectivity index (χ1n) is 8.31. The highest BCUT2D eigenvalue weighted by molar-refractivity contribution is 5.96. The Labute approximate surface area is 133 Å². The van der Waals surface area contributed by atoms with E-state index in [0.29, 0.717) is 23.6 Å². The van der Waals surface area contributed by atoms with Crippen molar-refractivity contribution in [2.45, 2.75) is 59.4 Å². The number of rotatable bonds is 5. The van der Waals surface area contributed by atoms with Crippen LogP contribution in [0.4, 0.5) is 0 Å². The van der Waals surface area contributed by atoms with Crippen LogP contribution in [-0.2, 0) is 0 Å². The Kier molecular flexibility index (Phi) is 5.27. The Morgan fingerprint density at radius 3 is 2.77 bits per heavy atom. The Hall–Kier alpha value is -1.36. The van der Waals surface area contributed by atoms with Crippen molar-refractivity contribution in [3.8, 4) is 0 Å². The zero-order valence-corrected chi connectivity index (χ0v) is 14.5. The van der Waals surface area contributed by atoms with E-state index >= 15 is 0 Å². The van der Waals surface area contributed by atoms with Crippen molar-refractivity contribution in [1.29, 1.82) is 0 Å². The van der Waals surface area contributed by atoms with Gasteiger partial charge in [0.15, 0.2) is 0 Å². The molecule has 1 fully saturated rings. The number of nitrogens with zero attached hydrogens (tertiary/aromatic N) is 2. The maximum absolute atomic E-state index is 12.4. The van der Waals surface area contributed by atoms with Gasteiger partial charge in [-0.2, -0.15) is 0 Å². The number of carbonyl (C=O) groups is 1. The van der Waals surface area contributed by atoms with Gasteiger partial charge in [0.25, 0.3) is 5.91 Å². The van der Waals surface area contributed by atoms with Gasteiger partial charge in [0.2, 0.25) is 0 Å². The van der Waals surface area contributed by atoms with Crippen LogP contribution in [0.5, 0.6) is 0 Å². The second-order valence-electron chi connectivity index (χ2n) is 7.06. The highest BCUT2D eigenvalue weighted by Gasteiger charge is 2.31. The predicted molar refractivity (Wildman–Crippen MR) is 87.0 cm³/mol. The number of nitrogens with one attached hydrogen (secondary N) is 1. The SMILES string of the molecule is CC[C@H]1CCCN(C(C)(C)CNC(=O)c2c(C)noc2C)C1. The summed E-state index contributed by atoms with van der Waals surface area (Å²) in [4.78, 5) is 14.9. The van der Waals surface area contributed by atoms with Crippen molar-refractivity contribution in [2.24, 2.45) is 5.92 Å². The maximum Gasteiger partial charge on any atom is 0.256 e. The van der Waals surface area contributed by atoms with Crippen LogP contribution in [0.25, 0.3) is 0 Å². The molecule has 0 bridgehead atoms. The first-order valence-corrected chi connectivity index (χ1v) is 8.31. The van der Waals surface area contributed by atoms with E-state index in [2.05, 4.69) is 36.1 Å². The third-order valence-corrected chi connectivity index (χ3v) is 4.89. The van der Waals surface area contributed by atoms with Crippen LogP contribution >= 0.6 is 0 Å². The van der Waals surface area contributed by atoms with Crippen LogP contribution < -0.4 is 5.32 Å². The molecule has 1 saturated heterocycles. The largest absolute Gasteiger partial charge is 0.361 e. The molecular formula is C17H29N3O2. The number of piperidine rings is 1. The van der Waals surface area contributed by atoms with Gasteiger partial charge in [-0.25, -0.2) is 0 Å². The average molecular weight is 307 g/mol. The molecule has 1 aromatic rings. The van der Waals surface area contributed by atoms with Gasteiger partial charge in [-0.05, 0) is 53.0 Å². The van der Waals surface area contributed by atoms with Gasteiger partial charge in [0.1, 0.15) is 11.3 Å². The second-order valence-corrected chi connectivity index (χ2v) is 7.06. The normalized spacial score (nSPS) is 20.1. The minimum atomic E-state index is -0.0895. The monoisotopic (exact) mass is 307 g/mol. The molecule has 0 aromatic carbocycles. The molecule has 0 unspecified atom stereocenters. The van der Waals surface area contributed by atoms with Crippen molar-refractivity contribution in [1.82, 2.24) is 15.4 Å². The summed E-state index contributed by atoms with van der Waals surface area (Å²) in [7, 11) is 0. The second kappa shape index (κ2) is 6.82. The van der Waals surface area contributed by atoms with E-state index in [4.69, 9.17) is 4.52 Å². The van der Waals surface area contributed by atoms with Crippen molar-refractivity contribution >= 4 is 5.91 Å². The molecule has 1 N–H and O–H groups in total. The fourth-order valence-electron chi connectivity index (χ4n) is 3.25. The first kappa shape index (κ1) is 17.0. The van der Waals surface area contributed by atoms with E-state index in [9.17, 15) is 4.79 Å². The molecule has 0 radical (unpaired) electrons. The summed E-state index contributed by atoms with van der Waals surface area (Å²) in [5.41, 5.74) is 1.18. The lowest BCUT2D eigenvalue weighted by molar-refractivity contribution is 0.0611. The van der Waals surface area contributed by atoms with Crippen molar-refractivity contribution in [3.05, 3.63) is 17.0 Å². The van der Waals surface area contributed by atoms with Gasteiger partial charge in [-0.1, -0.05) is 18.5 Å². The number of likely N-dealkylation sites (tertiary alicyclic amines) is 1. The molecule has 1 aliphatic rings. The third kappa shape index (κ3) is 3.69. The summed E-state index contributed by atoms with van der Waals surface area (Å²) in [5.74, 6) is 1.27. The van der Waals surface area contributed by atoms with E-state index in [-0.39, 0.29) is 11.4 Å². The fourth-order valence-corrected chi connectivity index (χ4v) is 3.25. The van der Waals surface area contributed by atoms with Crippen LogP contribution in [0, 0.1) is 19.8 Å². The lowest BCUT2D eigenvalue weighted by Crippen LogP contribution is -2.54. The van der Waals surface area contributed by atoms with E-state index in [1.54, 1.807) is 13.8 Å². The van der Waals surface area contributed by atoms with Gasteiger partial charge in [0.05, 0.1) is 5.69 Å². The molecule has 1 amide bonds. The van der Waals surface area contributed by atoms with Gasteiger partial charge < -0.3 is 9.84 Å². The van der Waals surface area contributed by atoms with Crippen molar-refractivity contribution in [3.63, 3.8) is 0 Å². The minimum absolute atomic E-state index is 0.0392. The highest BCUT2D eigenvalue weighted by atomic mass is 16.5. The maximum atomic E-state index is 12.4. The van der Waals surface area contributed by atoms with E-state index in [0.717, 1.165) is 19.0 Å². The summed E-state index contributed by atoms with van der Waals surface area (Å²) in [6.45, 7) is 13.1. The van der Waals surface area contributed by atoms with Crippen LogP contribution in [0.15, 0.2) is 4.52 Å². The van der Waals surface area contributed by atoms with Crippen LogP contribution in [0.2, 0.25) is 0 Å². The molecule has 1 aromatic heterocycles. The standard InChI is InChI=1S/C17H29N3O2/c1-6-14-8-7-9-20(10-14)17(4,5)11-18-16(21)15-12(2)19-22-13(15)3/h14H,6-11H2,1-5H3,(H,18,21)/t14-/m0/s1. The van der Waals surface area contributed by atoms with E-state index in [1.807, 2.05) is 0 Å². The van der Waals surface area contributed by atoms with E-state index < -0.39 is 0 Å². The molecule has 2 rings (SSSR count). The van der Waals surface area contributed by atoms with Crippen LogP contribution in [0.1, 0.15) is 61.8 Å². The Morgan fingerprint density at radius 1 is 1.45 bits per heavy atom. The molecule has 5 heteroatoms. The number of hydrogen-bond acceptors (Lipinski definition) is 4. The number of hydrogen-bond donors (Lipinski definition) is 1. The van der Waals surface area contributed by atoms with Crippen molar-refractivity contribution in [2.75, 3.05) is 19.6 Å².